The normalized spacial score (nSPS) is 16.7. The third-order valence-electron chi connectivity index (χ3n) is 6.07. The molecule has 5 rings (SSSR count). The first-order valence-corrected chi connectivity index (χ1v) is 10.5. The van der Waals surface area contributed by atoms with Crippen molar-refractivity contribution < 1.29 is 4.79 Å². The molecule has 6 nitrogen and oxygen atoms in total. The molecule has 3 heterocycles. The molecule has 146 valence electrons. The van der Waals surface area contributed by atoms with Crippen molar-refractivity contribution in [1.29, 1.82) is 0 Å². The number of benzene rings is 1. The maximum atomic E-state index is 12.9. The number of hydrogen-bond acceptors (Lipinski definition) is 3. The van der Waals surface area contributed by atoms with Crippen LogP contribution >= 0.6 is 0 Å². The molecule has 0 unspecified atom stereocenters. The van der Waals surface area contributed by atoms with Crippen molar-refractivity contribution in [3.8, 4) is 0 Å². The molecule has 2 N–H and O–H groups in total. The minimum atomic E-state index is -0.104. The van der Waals surface area contributed by atoms with Crippen LogP contribution in [0.25, 0.3) is 10.9 Å². The molecule has 1 aliphatic heterocycles. The van der Waals surface area contributed by atoms with E-state index in [0.717, 1.165) is 37.9 Å². The molecule has 1 amide bonds. The predicted octanol–water partition coefficient (Wildman–Crippen LogP) is 3.59. The Hall–Kier alpha value is -2.60. The summed E-state index contributed by atoms with van der Waals surface area (Å²) in [6.45, 7) is 4.47. The zero-order valence-corrected chi connectivity index (χ0v) is 16.2. The van der Waals surface area contributed by atoms with E-state index in [-0.39, 0.29) is 5.91 Å². The zero-order chi connectivity index (χ0) is 18.9. The summed E-state index contributed by atoms with van der Waals surface area (Å²) < 4.78 is 1.93. The van der Waals surface area contributed by atoms with Gasteiger partial charge in [-0.25, -0.2) is 0 Å². The van der Waals surface area contributed by atoms with Crippen LogP contribution in [-0.4, -0.2) is 45.2 Å². The van der Waals surface area contributed by atoms with Gasteiger partial charge in [0, 0.05) is 29.9 Å². The van der Waals surface area contributed by atoms with E-state index in [4.69, 9.17) is 0 Å². The lowest BCUT2D eigenvalue weighted by molar-refractivity contribution is 0.102. The number of para-hydroxylation sites is 1. The number of nitrogens with zero attached hydrogens (tertiary/aromatic N) is 3. The zero-order valence-electron chi connectivity index (χ0n) is 16.2. The number of aromatic nitrogens is 3. The van der Waals surface area contributed by atoms with Crippen molar-refractivity contribution in [3.63, 3.8) is 0 Å². The van der Waals surface area contributed by atoms with Crippen LogP contribution in [0, 0.1) is 0 Å². The van der Waals surface area contributed by atoms with Crippen LogP contribution in [0.3, 0.4) is 0 Å². The maximum absolute atomic E-state index is 12.9. The van der Waals surface area contributed by atoms with E-state index in [9.17, 15) is 4.79 Å². The number of aryl methyl sites for hydroxylation is 3. The van der Waals surface area contributed by atoms with E-state index in [2.05, 4.69) is 26.4 Å². The smallest absolute Gasteiger partial charge is 0.258 e. The molecule has 0 radical (unpaired) electrons. The van der Waals surface area contributed by atoms with Crippen LogP contribution in [0.2, 0.25) is 0 Å². The molecule has 1 aromatic carbocycles. The van der Waals surface area contributed by atoms with Crippen molar-refractivity contribution >= 4 is 22.6 Å². The van der Waals surface area contributed by atoms with E-state index in [1.165, 1.54) is 49.0 Å². The molecule has 0 saturated carbocycles. The van der Waals surface area contributed by atoms with Crippen molar-refractivity contribution in [2.45, 2.75) is 45.1 Å². The molecule has 1 saturated heterocycles. The highest BCUT2D eigenvalue weighted by Gasteiger charge is 2.20. The molecule has 0 atom stereocenters. The highest BCUT2D eigenvalue weighted by Crippen LogP contribution is 2.31. The Morgan fingerprint density at radius 1 is 1.11 bits per heavy atom. The number of aromatic amines is 1. The standard InChI is InChI=1S/C22H27N5O/c28-22(18-8-3-7-17-16-6-4-9-19(16)23-21(17)18)24-20-10-15-27(25-20)14-5-13-26-11-1-2-12-26/h3,7-8,10,15,23H,1-2,4-6,9,11-14H2,(H,24,25,28). The summed E-state index contributed by atoms with van der Waals surface area (Å²) in [7, 11) is 0. The molecule has 6 heteroatoms. The number of fused-ring (bicyclic) bond motifs is 3. The molecule has 28 heavy (non-hydrogen) atoms. The van der Waals surface area contributed by atoms with Crippen LogP contribution < -0.4 is 5.32 Å². The topological polar surface area (TPSA) is 66.0 Å². The van der Waals surface area contributed by atoms with E-state index in [0.29, 0.717) is 11.4 Å². The van der Waals surface area contributed by atoms with Crippen LogP contribution in [0.1, 0.15) is 47.3 Å². The summed E-state index contributed by atoms with van der Waals surface area (Å²) in [6.07, 6.45) is 9.06. The van der Waals surface area contributed by atoms with Crippen molar-refractivity contribution in [1.82, 2.24) is 19.7 Å². The Morgan fingerprint density at radius 2 is 2.00 bits per heavy atom. The second-order valence-electron chi connectivity index (χ2n) is 7.98. The van der Waals surface area contributed by atoms with Crippen LogP contribution in [-0.2, 0) is 19.4 Å². The predicted molar refractivity (Wildman–Crippen MR) is 111 cm³/mol. The maximum Gasteiger partial charge on any atom is 0.258 e. The quantitative estimate of drug-likeness (QED) is 0.690. The minimum absolute atomic E-state index is 0.104. The molecular formula is C22H27N5O. The van der Waals surface area contributed by atoms with E-state index < -0.39 is 0 Å². The van der Waals surface area contributed by atoms with E-state index in [1.807, 2.05) is 29.1 Å². The van der Waals surface area contributed by atoms with Gasteiger partial charge in [-0.05, 0) is 69.8 Å². The number of amides is 1. The van der Waals surface area contributed by atoms with E-state index >= 15 is 0 Å². The third kappa shape index (κ3) is 3.33. The average Bonchev–Trinajstić information content (AvgIpc) is 3.46. The Balaban J connectivity index is 1.25. The second-order valence-corrected chi connectivity index (χ2v) is 7.98. The van der Waals surface area contributed by atoms with Crippen LogP contribution in [0.4, 0.5) is 5.82 Å². The van der Waals surface area contributed by atoms with Crippen LogP contribution in [0.15, 0.2) is 30.5 Å². The highest BCUT2D eigenvalue weighted by atomic mass is 16.1. The second kappa shape index (κ2) is 7.43. The molecule has 1 fully saturated rings. The fraction of sp³-hybridized carbons (Fsp3) is 0.455. The molecule has 2 aliphatic rings. The van der Waals surface area contributed by atoms with Gasteiger partial charge in [0.25, 0.3) is 5.91 Å². The summed E-state index contributed by atoms with van der Waals surface area (Å²) in [5, 5.41) is 8.68. The van der Waals surface area contributed by atoms with Gasteiger partial charge in [-0.3, -0.25) is 9.48 Å². The van der Waals surface area contributed by atoms with Crippen LogP contribution in [0.5, 0.6) is 0 Å². The molecule has 1 aliphatic carbocycles. The molecule has 0 spiro atoms. The van der Waals surface area contributed by atoms with Gasteiger partial charge in [0.2, 0.25) is 0 Å². The Morgan fingerprint density at radius 3 is 2.89 bits per heavy atom. The van der Waals surface area contributed by atoms with Gasteiger partial charge in [0.1, 0.15) is 0 Å². The van der Waals surface area contributed by atoms with E-state index in [1.54, 1.807) is 0 Å². The SMILES string of the molecule is O=C(Nc1ccn(CCCN2CCCC2)n1)c1cccc2c3c([nH]c12)CCC3. The third-order valence-corrected chi connectivity index (χ3v) is 6.07. The summed E-state index contributed by atoms with van der Waals surface area (Å²) in [5.41, 5.74) is 4.31. The number of likely N-dealkylation sites (tertiary alicyclic amines) is 1. The first-order valence-electron chi connectivity index (χ1n) is 10.5. The number of rotatable bonds is 6. The molecule has 3 aromatic rings. The molecular weight excluding hydrogens is 350 g/mol. The molecule has 0 bridgehead atoms. The number of anilines is 1. The lowest BCUT2D eigenvalue weighted by atomic mass is 10.1. The van der Waals surface area contributed by atoms with Gasteiger partial charge in [-0.15, -0.1) is 0 Å². The van der Waals surface area contributed by atoms with Gasteiger partial charge in [-0.2, -0.15) is 5.10 Å². The average molecular weight is 377 g/mol. The Bertz CT molecular complexity index is 996. The van der Waals surface area contributed by atoms with Gasteiger partial charge in [0.15, 0.2) is 5.82 Å². The minimum Gasteiger partial charge on any atom is -0.358 e. The van der Waals surface area contributed by atoms with Crippen molar-refractivity contribution in [3.05, 3.63) is 47.3 Å². The van der Waals surface area contributed by atoms with Gasteiger partial charge < -0.3 is 15.2 Å². The highest BCUT2D eigenvalue weighted by molar-refractivity contribution is 6.12. The lowest BCUT2D eigenvalue weighted by Crippen LogP contribution is -2.21. The number of nitrogens with one attached hydrogen (secondary N) is 2. The Labute approximate surface area is 164 Å². The number of hydrogen-bond donors (Lipinski definition) is 2. The summed E-state index contributed by atoms with van der Waals surface area (Å²) in [5.74, 6) is 0.509. The van der Waals surface area contributed by atoms with Gasteiger partial charge >= 0.3 is 0 Å². The Kier molecular flexibility index (Phi) is 4.64. The molecule has 2 aromatic heterocycles. The monoisotopic (exact) mass is 377 g/mol. The lowest BCUT2D eigenvalue weighted by Gasteiger charge is -2.13. The summed E-state index contributed by atoms with van der Waals surface area (Å²) >= 11 is 0. The summed E-state index contributed by atoms with van der Waals surface area (Å²) in [4.78, 5) is 18.9. The fourth-order valence-corrected chi connectivity index (χ4v) is 4.66. The first kappa shape index (κ1) is 17.5. The number of H-pyrrole nitrogens is 1. The van der Waals surface area contributed by atoms with Gasteiger partial charge in [-0.1, -0.05) is 12.1 Å². The van der Waals surface area contributed by atoms with Crippen molar-refractivity contribution in [2.24, 2.45) is 0 Å². The van der Waals surface area contributed by atoms with Crippen molar-refractivity contribution in [2.75, 3.05) is 25.0 Å². The fourth-order valence-electron chi connectivity index (χ4n) is 4.66. The first-order chi connectivity index (χ1) is 13.8. The van der Waals surface area contributed by atoms with Gasteiger partial charge in [0.05, 0.1) is 11.1 Å². The number of carbonyl (C=O) groups is 1. The largest absolute Gasteiger partial charge is 0.358 e. The number of carbonyl (C=O) groups excluding carboxylic acids is 1. The summed E-state index contributed by atoms with van der Waals surface area (Å²) in [6, 6.07) is 7.85.